The van der Waals surface area contributed by atoms with E-state index in [1.807, 2.05) is 13.8 Å². The molecule has 0 aromatic heterocycles. The first-order valence-electron chi connectivity index (χ1n) is 8.39. The standard InChI is InChI=1S/C18H23ClN2O4/c1-11(2)8-16(22)20-13-5-6-15(19)14(9-13)17(23)21-7-3-4-12(10-21)18(24)25/h5-6,9,11-12H,3-4,7-8,10H2,1-2H3,(H,20,22)(H,24,25). The zero-order valence-electron chi connectivity index (χ0n) is 14.4. The van der Waals surface area contributed by atoms with Gasteiger partial charge in [-0.25, -0.2) is 0 Å². The normalized spacial score (nSPS) is 17.4. The smallest absolute Gasteiger partial charge is 0.308 e. The second-order valence-corrected chi connectivity index (χ2v) is 7.18. The minimum absolute atomic E-state index is 0.125. The van der Waals surface area contributed by atoms with Crippen LogP contribution >= 0.6 is 11.6 Å². The molecule has 7 heteroatoms. The Labute approximate surface area is 152 Å². The minimum Gasteiger partial charge on any atom is -0.481 e. The van der Waals surface area contributed by atoms with Crippen molar-refractivity contribution in [2.45, 2.75) is 33.1 Å². The Bertz CT molecular complexity index is 675. The van der Waals surface area contributed by atoms with Gasteiger partial charge in [-0.1, -0.05) is 25.4 Å². The molecule has 0 aliphatic carbocycles. The molecule has 2 amide bonds. The van der Waals surface area contributed by atoms with Crippen molar-refractivity contribution in [1.82, 2.24) is 4.90 Å². The van der Waals surface area contributed by atoms with E-state index in [1.54, 1.807) is 18.2 Å². The number of hydrogen-bond acceptors (Lipinski definition) is 3. The van der Waals surface area contributed by atoms with Gasteiger partial charge >= 0.3 is 5.97 Å². The van der Waals surface area contributed by atoms with Crippen LogP contribution in [0.4, 0.5) is 5.69 Å². The number of rotatable bonds is 5. The Kier molecular flexibility index (Phi) is 6.42. The number of benzene rings is 1. The monoisotopic (exact) mass is 366 g/mol. The van der Waals surface area contributed by atoms with E-state index in [0.717, 1.165) is 0 Å². The molecule has 0 saturated carbocycles. The van der Waals surface area contributed by atoms with Crippen LogP contribution in [0.5, 0.6) is 0 Å². The van der Waals surface area contributed by atoms with Gasteiger partial charge in [-0.2, -0.15) is 0 Å². The number of nitrogens with zero attached hydrogens (tertiary/aromatic N) is 1. The van der Waals surface area contributed by atoms with Crippen LogP contribution in [0.3, 0.4) is 0 Å². The maximum atomic E-state index is 12.7. The molecule has 0 radical (unpaired) electrons. The zero-order valence-corrected chi connectivity index (χ0v) is 15.2. The number of piperidine rings is 1. The van der Waals surface area contributed by atoms with Gasteiger partial charge in [-0.15, -0.1) is 0 Å². The summed E-state index contributed by atoms with van der Waals surface area (Å²) in [4.78, 5) is 37.3. The van der Waals surface area contributed by atoms with Gasteiger partial charge in [-0.3, -0.25) is 14.4 Å². The summed E-state index contributed by atoms with van der Waals surface area (Å²) >= 11 is 6.15. The fourth-order valence-corrected chi connectivity index (χ4v) is 3.08. The number of nitrogens with one attached hydrogen (secondary N) is 1. The summed E-state index contributed by atoms with van der Waals surface area (Å²) in [5.41, 5.74) is 0.778. The molecule has 2 rings (SSSR count). The highest BCUT2D eigenvalue weighted by molar-refractivity contribution is 6.34. The van der Waals surface area contributed by atoms with Gasteiger partial charge in [0.25, 0.3) is 5.91 Å². The molecule has 0 bridgehead atoms. The third kappa shape index (κ3) is 5.19. The van der Waals surface area contributed by atoms with E-state index in [0.29, 0.717) is 31.5 Å². The molecule has 1 unspecified atom stereocenters. The lowest BCUT2D eigenvalue weighted by molar-refractivity contribution is -0.143. The van der Waals surface area contributed by atoms with E-state index in [-0.39, 0.29) is 34.9 Å². The fourth-order valence-electron chi connectivity index (χ4n) is 2.88. The zero-order chi connectivity index (χ0) is 18.6. The van der Waals surface area contributed by atoms with E-state index < -0.39 is 11.9 Å². The number of carboxylic acid groups (broad SMARTS) is 1. The molecule has 1 heterocycles. The Balaban J connectivity index is 2.14. The number of carboxylic acids is 1. The second-order valence-electron chi connectivity index (χ2n) is 6.77. The van der Waals surface area contributed by atoms with Crippen molar-refractivity contribution in [2.24, 2.45) is 11.8 Å². The summed E-state index contributed by atoms with van der Waals surface area (Å²) in [6.45, 7) is 4.58. The summed E-state index contributed by atoms with van der Waals surface area (Å²) in [5, 5.41) is 12.2. The highest BCUT2D eigenvalue weighted by Gasteiger charge is 2.29. The number of likely N-dealkylation sites (tertiary alicyclic amines) is 1. The van der Waals surface area contributed by atoms with Crippen LogP contribution in [0.2, 0.25) is 5.02 Å². The molecule has 25 heavy (non-hydrogen) atoms. The van der Waals surface area contributed by atoms with Crippen LogP contribution < -0.4 is 5.32 Å². The van der Waals surface area contributed by atoms with Gasteiger partial charge in [0, 0.05) is 25.2 Å². The van der Waals surface area contributed by atoms with E-state index in [4.69, 9.17) is 16.7 Å². The van der Waals surface area contributed by atoms with Crippen molar-refractivity contribution >= 4 is 35.1 Å². The van der Waals surface area contributed by atoms with E-state index in [2.05, 4.69) is 5.32 Å². The van der Waals surface area contributed by atoms with Crippen LogP contribution in [-0.2, 0) is 9.59 Å². The molecule has 1 atom stereocenters. The molecule has 2 N–H and O–H groups in total. The van der Waals surface area contributed by atoms with E-state index >= 15 is 0 Å². The van der Waals surface area contributed by atoms with Crippen molar-refractivity contribution in [3.05, 3.63) is 28.8 Å². The minimum atomic E-state index is -0.890. The summed E-state index contributed by atoms with van der Waals surface area (Å²) in [7, 11) is 0. The molecular weight excluding hydrogens is 344 g/mol. The molecule has 1 aliphatic heterocycles. The van der Waals surface area contributed by atoms with Gasteiger partial charge in [-0.05, 0) is 37.0 Å². The molecule has 1 saturated heterocycles. The molecular formula is C18H23ClN2O4. The topological polar surface area (TPSA) is 86.7 Å². The van der Waals surface area contributed by atoms with E-state index in [9.17, 15) is 14.4 Å². The summed E-state index contributed by atoms with van der Waals surface area (Å²) < 4.78 is 0. The number of carbonyl (C=O) groups is 3. The highest BCUT2D eigenvalue weighted by Crippen LogP contribution is 2.25. The maximum Gasteiger partial charge on any atom is 0.308 e. The predicted octanol–water partition coefficient (Wildman–Crippen LogP) is 3.26. The molecule has 1 aromatic carbocycles. The number of carbonyl (C=O) groups excluding carboxylic acids is 2. The average Bonchev–Trinajstić information content (AvgIpc) is 2.55. The van der Waals surface area contributed by atoms with Gasteiger partial charge in [0.05, 0.1) is 16.5 Å². The molecule has 1 aromatic rings. The molecule has 6 nitrogen and oxygen atoms in total. The lowest BCUT2D eigenvalue weighted by atomic mass is 9.97. The number of halogens is 1. The number of amides is 2. The van der Waals surface area contributed by atoms with Crippen molar-refractivity contribution in [3.8, 4) is 0 Å². The van der Waals surface area contributed by atoms with Crippen molar-refractivity contribution in [3.63, 3.8) is 0 Å². The second kappa shape index (κ2) is 8.34. The van der Waals surface area contributed by atoms with Crippen molar-refractivity contribution in [1.29, 1.82) is 0 Å². The quantitative estimate of drug-likeness (QED) is 0.837. The summed E-state index contributed by atoms with van der Waals surface area (Å²) in [5.74, 6) is -1.64. The Morgan fingerprint density at radius 1 is 1.36 bits per heavy atom. The van der Waals surface area contributed by atoms with Gasteiger partial charge in [0.2, 0.25) is 5.91 Å². The van der Waals surface area contributed by atoms with Gasteiger partial charge in [0.15, 0.2) is 0 Å². The lowest BCUT2D eigenvalue weighted by Gasteiger charge is -2.31. The summed E-state index contributed by atoms with van der Waals surface area (Å²) in [6, 6.07) is 4.76. The van der Waals surface area contributed by atoms with Gasteiger partial charge in [0.1, 0.15) is 0 Å². The molecule has 0 spiro atoms. The maximum absolute atomic E-state index is 12.7. The largest absolute Gasteiger partial charge is 0.481 e. The van der Waals surface area contributed by atoms with Crippen molar-refractivity contribution in [2.75, 3.05) is 18.4 Å². The summed E-state index contributed by atoms with van der Waals surface area (Å²) in [6.07, 6.45) is 1.60. The third-order valence-corrected chi connectivity index (χ3v) is 4.46. The van der Waals surface area contributed by atoms with Crippen LogP contribution in [0.1, 0.15) is 43.5 Å². The number of anilines is 1. The third-order valence-electron chi connectivity index (χ3n) is 4.13. The van der Waals surface area contributed by atoms with Gasteiger partial charge < -0.3 is 15.3 Å². The van der Waals surface area contributed by atoms with E-state index in [1.165, 1.54) is 4.90 Å². The molecule has 1 aliphatic rings. The Hall–Kier alpha value is -2.08. The first kappa shape index (κ1) is 19.2. The fraction of sp³-hybridized carbons (Fsp3) is 0.500. The first-order chi connectivity index (χ1) is 11.8. The van der Waals surface area contributed by atoms with Crippen LogP contribution in [0.25, 0.3) is 0 Å². The lowest BCUT2D eigenvalue weighted by Crippen LogP contribution is -2.42. The SMILES string of the molecule is CC(C)CC(=O)Nc1ccc(Cl)c(C(=O)N2CCCC(C(=O)O)C2)c1. The first-order valence-corrected chi connectivity index (χ1v) is 8.77. The Morgan fingerprint density at radius 2 is 2.08 bits per heavy atom. The van der Waals surface area contributed by atoms with Crippen molar-refractivity contribution < 1.29 is 19.5 Å². The predicted molar refractivity (Wildman–Crippen MR) is 95.8 cm³/mol. The Morgan fingerprint density at radius 3 is 2.72 bits per heavy atom. The molecule has 1 fully saturated rings. The average molecular weight is 367 g/mol. The number of aliphatic carboxylic acids is 1. The highest BCUT2D eigenvalue weighted by atomic mass is 35.5. The van der Waals surface area contributed by atoms with Crippen LogP contribution in [0.15, 0.2) is 18.2 Å². The number of hydrogen-bond donors (Lipinski definition) is 2. The van der Waals surface area contributed by atoms with Crippen LogP contribution in [-0.4, -0.2) is 40.9 Å². The van der Waals surface area contributed by atoms with Crippen LogP contribution in [0, 0.1) is 11.8 Å². The molecule has 136 valence electrons.